The summed E-state index contributed by atoms with van der Waals surface area (Å²) in [6.45, 7) is 13.5. The van der Waals surface area contributed by atoms with Crippen LogP contribution in [0.5, 0.6) is 0 Å². The molecule has 0 radical (unpaired) electrons. The van der Waals surface area contributed by atoms with Gasteiger partial charge in [0.15, 0.2) is 6.29 Å². The largest absolute Gasteiger partial charge is 0.444 e. The third-order valence-electron chi connectivity index (χ3n) is 4.10. The fraction of sp³-hybridized carbons (Fsp3) is 0.611. The number of anilines is 1. The van der Waals surface area contributed by atoms with Crippen LogP contribution in [0, 0.1) is 0 Å². The van der Waals surface area contributed by atoms with Crippen LogP contribution in [0.2, 0.25) is 0 Å². The van der Waals surface area contributed by atoms with Crippen molar-refractivity contribution in [1.82, 2.24) is 0 Å². The fourth-order valence-corrected chi connectivity index (χ4v) is 2.20. The minimum atomic E-state index is -0.552. The predicted octanol–water partition coefficient (Wildman–Crippen LogP) is 4.64. The van der Waals surface area contributed by atoms with Gasteiger partial charge in [-0.2, -0.15) is 0 Å². The fourth-order valence-electron chi connectivity index (χ4n) is 2.20. The molecule has 1 aromatic rings. The Hall–Kier alpha value is -1.59. The highest BCUT2D eigenvalue weighted by molar-refractivity contribution is 5.86. The maximum absolute atomic E-state index is 12.0. The Kier molecular flexibility index (Phi) is 4.48. The Morgan fingerprint density at radius 3 is 2.13 bits per heavy atom. The van der Waals surface area contributed by atoms with Gasteiger partial charge in [0.05, 0.1) is 16.9 Å². The molecule has 0 spiro atoms. The second kappa shape index (κ2) is 5.80. The van der Waals surface area contributed by atoms with E-state index in [0.29, 0.717) is 5.69 Å². The van der Waals surface area contributed by atoms with Crippen LogP contribution in [0.15, 0.2) is 24.3 Å². The lowest BCUT2D eigenvalue weighted by Gasteiger charge is -2.30. The van der Waals surface area contributed by atoms with Gasteiger partial charge in [-0.3, -0.25) is 5.32 Å². The number of carbonyl (C=O) groups excluding carboxylic acids is 1. The summed E-state index contributed by atoms with van der Waals surface area (Å²) < 4.78 is 17.4. The summed E-state index contributed by atoms with van der Waals surface area (Å²) in [6, 6.07) is 7.43. The summed E-state index contributed by atoms with van der Waals surface area (Å²) in [7, 11) is 0. The zero-order valence-electron chi connectivity index (χ0n) is 15.0. The van der Waals surface area contributed by atoms with Crippen LogP contribution < -0.4 is 5.32 Å². The van der Waals surface area contributed by atoms with Crippen molar-refractivity contribution in [1.29, 1.82) is 0 Å². The number of nitrogens with one attached hydrogen (secondary N) is 1. The molecule has 1 aromatic carbocycles. The second-order valence-electron chi connectivity index (χ2n) is 7.80. The van der Waals surface area contributed by atoms with Gasteiger partial charge >= 0.3 is 6.09 Å². The Labute approximate surface area is 138 Å². The topological polar surface area (TPSA) is 56.8 Å². The first kappa shape index (κ1) is 17.8. The first-order chi connectivity index (χ1) is 10.4. The van der Waals surface area contributed by atoms with Gasteiger partial charge in [0.2, 0.25) is 0 Å². The van der Waals surface area contributed by atoms with Gasteiger partial charge in [0, 0.05) is 5.56 Å². The molecule has 0 saturated carbocycles. The first-order valence-corrected chi connectivity index (χ1v) is 7.86. The van der Waals surface area contributed by atoms with Crippen LogP contribution in [0.25, 0.3) is 0 Å². The summed E-state index contributed by atoms with van der Waals surface area (Å²) >= 11 is 0. The van der Waals surface area contributed by atoms with Crippen molar-refractivity contribution in [2.24, 2.45) is 0 Å². The van der Waals surface area contributed by atoms with Crippen LogP contribution >= 0.6 is 0 Å². The van der Waals surface area contributed by atoms with E-state index in [1.165, 1.54) is 0 Å². The molecular weight excluding hydrogens is 294 g/mol. The van der Waals surface area contributed by atoms with Crippen LogP contribution in [-0.2, 0) is 14.2 Å². The zero-order chi connectivity index (χ0) is 17.5. The monoisotopic (exact) mass is 321 g/mol. The van der Waals surface area contributed by atoms with Crippen molar-refractivity contribution >= 4 is 11.8 Å². The third kappa shape index (κ3) is 4.03. The lowest BCUT2D eigenvalue weighted by molar-refractivity contribution is -0.0890. The molecule has 1 aliphatic heterocycles. The Morgan fingerprint density at radius 1 is 1.09 bits per heavy atom. The molecule has 128 valence electrons. The Balaban J connectivity index is 2.21. The minimum Gasteiger partial charge on any atom is -0.444 e. The van der Waals surface area contributed by atoms with E-state index in [2.05, 4.69) is 5.32 Å². The molecule has 1 N–H and O–H groups in total. The van der Waals surface area contributed by atoms with Gasteiger partial charge in [0.1, 0.15) is 5.60 Å². The molecule has 1 amide bonds. The van der Waals surface area contributed by atoms with E-state index in [9.17, 15) is 4.79 Å². The summed E-state index contributed by atoms with van der Waals surface area (Å²) in [4.78, 5) is 12.0. The van der Waals surface area contributed by atoms with Gasteiger partial charge in [-0.15, -0.1) is 0 Å². The number of para-hydroxylation sites is 1. The molecule has 5 heteroatoms. The molecule has 1 saturated heterocycles. The van der Waals surface area contributed by atoms with Gasteiger partial charge in [0.25, 0.3) is 0 Å². The predicted molar refractivity (Wildman–Crippen MR) is 89.4 cm³/mol. The van der Waals surface area contributed by atoms with Crippen molar-refractivity contribution < 1.29 is 19.0 Å². The van der Waals surface area contributed by atoms with Crippen molar-refractivity contribution in [2.45, 2.75) is 71.6 Å². The number of rotatable bonds is 2. The zero-order valence-corrected chi connectivity index (χ0v) is 15.0. The molecule has 0 aliphatic carbocycles. The molecule has 5 nitrogen and oxygen atoms in total. The molecular formula is C18H27NO4. The highest BCUT2D eigenvalue weighted by atomic mass is 16.7. The smallest absolute Gasteiger partial charge is 0.412 e. The summed E-state index contributed by atoms with van der Waals surface area (Å²) in [6.07, 6.45) is -1.03. The van der Waals surface area contributed by atoms with E-state index in [1.807, 2.05) is 72.7 Å². The van der Waals surface area contributed by atoms with Crippen molar-refractivity contribution in [2.75, 3.05) is 5.32 Å². The van der Waals surface area contributed by atoms with Crippen molar-refractivity contribution in [3.05, 3.63) is 29.8 Å². The van der Waals surface area contributed by atoms with Gasteiger partial charge in [-0.05, 0) is 54.5 Å². The molecule has 23 heavy (non-hydrogen) atoms. The van der Waals surface area contributed by atoms with E-state index in [0.717, 1.165) is 5.56 Å². The van der Waals surface area contributed by atoms with Gasteiger partial charge in [-0.1, -0.05) is 18.2 Å². The molecule has 0 atom stereocenters. The van der Waals surface area contributed by atoms with Crippen LogP contribution in [0.4, 0.5) is 10.5 Å². The summed E-state index contributed by atoms with van der Waals surface area (Å²) in [5.41, 5.74) is -0.0196. The highest BCUT2D eigenvalue weighted by Crippen LogP contribution is 2.46. The standard InChI is InChI=1S/C18H27NO4/c1-16(2,3)23-15(20)19-13-11-9-8-10-12(13)14-21-17(4,5)18(6,7)22-14/h8-11,14H,1-7H3,(H,19,20). The average molecular weight is 321 g/mol. The maximum atomic E-state index is 12.0. The van der Waals surface area contributed by atoms with E-state index in [1.54, 1.807) is 0 Å². The SMILES string of the molecule is CC(C)(C)OC(=O)Nc1ccccc1C1OC(C)(C)C(C)(C)O1. The van der Waals surface area contributed by atoms with Crippen LogP contribution in [-0.4, -0.2) is 22.9 Å². The normalized spacial score (nSPS) is 20.3. The number of carbonyl (C=O) groups is 1. The number of benzene rings is 1. The number of hydrogen-bond acceptors (Lipinski definition) is 4. The van der Waals surface area contributed by atoms with Crippen molar-refractivity contribution in [3.8, 4) is 0 Å². The second-order valence-corrected chi connectivity index (χ2v) is 7.80. The average Bonchev–Trinajstić information content (AvgIpc) is 2.56. The number of hydrogen-bond donors (Lipinski definition) is 1. The van der Waals surface area contributed by atoms with Crippen LogP contribution in [0.1, 0.15) is 60.3 Å². The number of ether oxygens (including phenoxy) is 3. The van der Waals surface area contributed by atoms with E-state index >= 15 is 0 Å². The molecule has 1 fully saturated rings. The summed E-state index contributed by atoms with van der Waals surface area (Å²) in [5.74, 6) is 0. The van der Waals surface area contributed by atoms with Crippen LogP contribution in [0.3, 0.4) is 0 Å². The highest BCUT2D eigenvalue weighted by Gasteiger charge is 2.50. The Morgan fingerprint density at radius 2 is 1.61 bits per heavy atom. The quantitative estimate of drug-likeness (QED) is 0.862. The van der Waals surface area contributed by atoms with Gasteiger partial charge in [-0.25, -0.2) is 4.79 Å². The van der Waals surface area contributed by atoms with Crippen molar-refractivity contribution in [3.63, 3.8) is 0 Å². The third-order valence-corrected chi connectivity index (χ3v) is 4.10. The number of amides is 1. The van der Waals surface area contributed by atoms with Gasteiger partial charge < -0.3 is 14.2 Å². The molecule has 0 bridgehead atoms. The lowest BCUT2D eigenvalue weighted by atomic mass is 9.90. The molecule has 2 rings (SSSR count). The Bertz CT molecular complexity index is 571. The molecule has 0 aromatic heterocycles. The maximum Gasteiger partial charge on any atom is 0.412 e. The first-order valence-electron chi connectivity index (χ1n) is 7.86. The lowest BCUT2D eigenvalue weighted by Crippen LogP contribution is -2.41. The minimum absolute atomic E-state index is 0.434. The van der Waals surface area contributed by atoms with E-state index < -0.39 is 29.2 Å². The summed E-state index contributed by atoms with van der Waals surface area (Å²) in [5, 5.41) is 2.78. The van der Waals surface area contributed by atoms with E-state index in [-0.39, 0.29) is 0 Å². The molecule has 1 heterocycles. The molecule has 0 unspecified atom stereocenters. The van der Waals surface area contributed by atoms with E-state index in [4.69, 9.17) is 14.2 Å². The molecule has 1 aliphatic rings.